The molecular formula is C45H30N4. The van der Waals surface area contributed by atoms with Gasteiger partial charge in [0.25, 0.3) is 0 Å². The summed E-state index contributed by atoms with van der Waals surface area (Å²) < 4.78 is 2.36. The molecule has 0 radical (unpaired) electrons. The highest BCUT2D eigenvalue weighted by Gasteiger charge is 2.15. The van der Waals surface area contributed by atoms with Gasteiger partial charge in [-0.2, -0.15) is 0 Å². The molecule has 9 rings (SSSR count). The van der Waals surface area contributed by atoms with Crippen molar-refractivity contribution >= 4 is 21.8 Å². The zero-order valence-electron chi connectivity index (χ0n) is 26.6. The van der Waals surface area contributed by atoms with E-state index in [1.165, 1.54) is 32.9 Å². The Morgan fingerprint density at radius 3 is 1.39 bits per heavy atom. The lowest BCUT2D eigenvalue weighted by molar-refractivity contribution is 1.07. The van der Waals surface area contributed by atoms with Gasteiger partial charge in [-0.05, 0) is 58.7 Å². The molecule has 0 spiro atoms. The SMILES string of the molecule is c1ccc(-c2ccc(-n3c4ccccc4c4cc(-c5cccc(-c6nc(-c7ccccc7)nc(-c7ccccc7)n6)c5)ccc43)cc2)cc1. The Labute approximate surface area is 284 Å². The first-order valence-electron chi connectivity index (χ1n) is 16.5. The molecule has 0 aliphatic heterocycles. The van der Waals surface area contributed by atoms with Gasteiger partial charge in [-0.1, -0.05) is 146 Å². The van der Waals surface area contributed by atoms with Crippen LogP contribution in [0.3, 0.4) is 0 Å². The van der Waals surface area contributed by atoms with Gasteiger partial charge in [0.15, 0.2) is 17.5 Å². The quantitative estimate of drug-likeness (QED) is 0.184. The molecule has 0 fully saturated rings. The first-order chi connectivity index (χ1) is 24.3. The number of nitrogens with zero attached hydrogens (tertiary/aromatic N) is 4. The molecular weight excluding hydrogens is 597 g/mol. The third-order valence-electron chi connectivity index (χ3n) is 9.06. The van der Waals surface area contributed by atoms with Gasteiger partial charge < -0.3 is 4.57 Å². The van der Waals surface area contributed by atoms with E-state index in [1.54, 1.807) is 0 Å². The number of para-hydroxylation sites is 1. The fourth-order valence-electron chi connectivity index (χ4n) is 6.64. The molecule has 0 amide bonds. The van der Waals surface area contributed by atoms with Gasteiger partial charge in [-0.25, -0.2) is 15.0 Å². The van der Waals surface area contributed by atoms with Crippen molar-refractivity contribution in [3.05, 3.63) is 182 Å². The molecule has 9 aromatic rings. The maximum Gasteiger partial charge on any atom is 0.164 e. The van der Waals surface area contributed by atoms with Crippen molar-refractivity contribution in [2.24, 2.45) is 0 Å². The van der Waals surface area contributed by atoms with Gasteiger partial charge in [0.2, 0.25) is 0 Å². The molecule has 230 valence electrons. The average Bonchev–Trinajstić information content (AvgIpc) is 3.52. The summed E-state index contributed by atoms with van der Waals surface area (Å²) in [4.78, 5) is 14.8. The van der Waals surface area contributed by atoms with Crippen LogP contribution in [0.25, 0.3) is 83.9 Å². The summed E-state index contributed by atoms with van der Waals surface area (Å²) in [5.41, 5.74) is 11.0. The summed E-state index contributed by atoms with van der Waals surface area (Å²) in [6.45, 7) is 0. The monoisotopic (exact) mass is 626 g/mol. The predicted octanol–water partition coefficient (Wildman–Crippen LogP) is 11.3. The predicted molar refractivity (Wildman–Crippen MR) is 201 cm³/mol. The number of benzene rings is 7. The molecule has 0 aliphatic carbocycles. The molecule has 0 bridgehead atoms. The molecule has 0 atom stereocenters. The molecule has 49 heavy (non-hydrogen) atoms. The molecule has 2 aromatic heterocycles. The van der Waals surface area contributed by atoms with Crippen LogP contribution in [0.4, 0.5) is 0 Å². The second-order valence-electron chi connectivity index (χ2n) is 12.1. The molecule has 4 heteroatoms. The number of aromatic nitrogens is 4. The number of fused-ring (bicyclic) bond motifs is 3. The van der Waals surface area contributed by atoms with Gasteiger partial charge in [-0.3, -0.25) is 0 Å². The largest absolute Gasteiger partial charge is 0.309 e. The van der Waals surface area contributed by atoms with Crippen molar-refractivity contribution in [3.63, 3.8) is 0 Å². The highest BCUT2D eigenvalue weighted by Crippen LogP contribution is 2.36. The highest BCUT2D eigenvalue weighted by molar-refractivity contribution is 6.10. The molecule has 7 aromatic carbocycles. The van der Waals surface area contributed by atoms with Crippen molar-refractivity contribution in [3.8, 4) is 62.1 Å². The lowest BCUT2D eigenvalue weighted by atomic mass is 10.0. The van der Waals surface area contributed by atoms with Crippen LogP contribution < -0.4 is 0 Å². The van der Waals surface area contributed by atoms with Crippen molar-refractivity contribution in [1.29, 1.82) is 0 Å². The van der Waals surface area contributed by atoms with Gasteiger partial charge in [0.1, 0.15) is 0 Å². The van der Waals surface area contributed by atoms with Crippen LogP contribution in [0.15, 0.2) is 182 Å². The van der Waals surface area contributed by atoms with E-state index >= 15 is 0 Å². The van der Waals surface area contributed by atoms with Gasteiger partial charge in [0, 0.05) is 33.2 Å². The first-order valence-corrected chi connectivity index (χ1v) is 16.5. The van der Waals surface area contributed by atoms with Gasteiger partial charge in [0.05, 0.1) is 11.0 Å². The molecule has 2 heterocycles. The minimum Gasteiger partial charge on any atom is -0.309 e. The van der Waals surface area contributed by atoms with E-state index in [4.69, 9.17) is 15.0 Å². The van der Waals surface area contributed by atoms with E-state index in [2.05, 4.69) is 126 Å². The van der Waals surface area contributed by atoms with E-state index in [-0.39, 0.29) is 0 Å². The lowest BCUT2D eigenvalue weighted by Crippen LogP contribution is -2.00. The van der Waals surface area contributed by atoms with E-state index in [9.17, 15) is 0 Å². The van der Waals surface area contributed by atoms with Crippen LogP contribution in [0.2, 0.25) is 0 Å². The van der Waals surface area contributed by atoms with Crippen LogP contribution >= 0.6 is 0 Å². The molecule has 0 unspecified atom stereocenters. The van der Waals surface area contributed by atoms with Gasteiger partial charge in [-0.15, -0.1) is 0 Å². The van der Waals surface area contributed by atoms with E-state index in [0.717, 1.165) is 33.5 Å². The Kier molecular flexibility index (Phi) is 7.10. The zero-order valence-corrected chi connectivity index (χ0v) is 26.6. The molecule has 0 saturated heterocycles. The van der Waals surface area contributed by atoms with E-state index < -0.39 is 0 Å². The van der Waals surface area contributed by atoms with Crippen molar-refractivity contribution < 1.29 is 0 Å². The third kappa shape index (κ3) is 5.35. The smallest absolute Gasteiger partial charge is 0.164 e. The number of hydrogen-bond donors (Lipinski definition) is 0. The van der Waals surface area contributed by atoms with Crippen molar-refractivity contribution in [2.45, 2.75) is 0 Å². The van der Waals surface area contributed by atoms with E-state index in [1.807, 2.05) is 60.7 Å². The second-order valence-corrected chi connectivity index (χ2v) is 12.1. The maximum absolute atomic E-state index is 4.96. The standard InChI is InChI=1S/C45H30N4/c1-4-13-31(14-5-1)32-23-26-38(27-24-32)49-41-22-11-10-21-39(41)40-30-36(25-28-42(40)49)35-19-12-20-37(29-35)45-47-43(33-15-6-2-7-16-33)46-44(48-45)34-17-8-3-9-18-34/h1-30H. The fourth-order valence-corrected chi connectivity index (χ4v) is 6.64. The summed E-state index contributed by atoms with van der Waals surface area (Å²) in [6, 6.07) is 63.5. The normalized spacial score (nSPS) is 11.3. The lowest BCUT2D eigenvalue weighted by Gasteiger charge is -2.11. The highest BCUT2D eigenvalue weighted by atomic mass is 15.0. The Hall–Kier alpha value is -6.65. The van der Waals surface area contributed by atoms with Crippen LogP contribution in [-0.2, 0) is 0 Å². The average molecular weight is 627 g/mol. The summed E-state index contributed by atoms with van der Waals surface area (Å²) in [6.07, 6.45) is 0. The Morgan fingerprint density at radius 1 is 0.286 bits per heavy atom. The fraction of sp³-hybridized carbons (Fsp3) is 0. The second kappa shape index (κ2) is 12.2. The van der Waals surface area contributed by atoms with Gasteiger partial charge >= 0.3 is 0 Å². The van der Waals surface area contributed by atoms with Crippen LogP contribution in [0.5, 0.6) is 0 Å². The Morgan fingerprint density at radius 2 is 0.735 bits per heavy atom. The summed E-state index contributed by atoms with van der Waals surface area (Å²) in [7, 11) is 0. The van der Waals surface area contributed by atoms with Crippen LogP contribution in [0.1, 0.15) is 0 Å². The third-order valence-corrected chi connectivity index (χ3v) is 9.06. The Balaban J connectivity index is 1.14. The minimum atomic E-state index is 0.645. The topological polar surface area (TPSA) is 43.6 Å². The van der Waals surface area contributed by atoms with Crippen LogP contribution in [-0.4, -0.2) is 19.5 Å². The summed E-state index contributed by atoms with van der Waals surface area (Å²) in [5, 5.41) is 2.43. The maximum atomic E-state index is 4.96. The molecule has 0 saturated carbocycles. The molecule has 0 N–H and O–H groups in total. The molecule has 4 nitrogen and oxygen atoms in total. The summed E-state index contributed by atoms with van der Waals surface area (Å²) >= 11 is 0. The Bertz CT molecular complexity index is 2520. The first kappa shape index (κ1) is 28.6. The summed E-state index contributed by atoms with van der Waals surface area (Å²) in [5.74, 6) is 1.95. The van der Waals surface area contributed by atoms with Crippen molar-refractivity contribution in [1.82, 2.24) is 19.5 Å². The molecule has 0 aliphatic rings. The van der Waals surface area contributed by atoms with Crippen LogP contribution in [0, 0.1) is 0 Å². The minimum absolute atomic E-state index is 0.645. The van der Waals surface area contributed by atoms with E-state index in [0.29, 0.717) is 17.5 Å². The number of hydrogen-bond acceptors (Lipinski definition) is 3. The van der Waals surface area contributed by atoms with Crippen molar-refractivity contribution in [2.75, 3.05) is 0 Å². The number of rotatable bonds is 6. The zero-order chi connectivity index (χ0) is 32.6.